The first kappa shape index (κ1) is 7.68. The molecule has 0 aromatic carbocycles. The lowest BCUT2D eigenvalue weighted by atomic mass is 10.2. The fourth-order valence-corrected chi connectivity index (χ4v) is 1.59. The van der Waals surface area contributed by atoms with Gasteiger partial charge in [-0.1, -0.05) is 5.21 Å². The van der Waals surface area contributed by atoms with Crippen LogP contribution in [0.3, 0.4) is 0 Å². The van der Waals surface area contributed by atoms with Crippen LogP contribution in [0, 0.1) is 0 Å². The Morgan fingerprint density at radius 3 is 3.25 bits per heavy atom. The van der Waals surface area contributed by atoms with Crippen LogP contribution in [0.5, 0.6) is 0 Å². The molecule has 0 fully saturated rings. The zero-order chi connectivity index (χ0) is 8.55. The molecule has 0 spiro atoms. The van der Waals surface area contributed by atoms with Gasteiger partial charge in [-0.15, -0.1) is 5.10 Å². The monoisotopic (exact) mass is 184 g/mol. The lowest BCUT2D eigenvalue weighted by Gasteiger charge is -1.98. The average Bonchev–Trinajstić information content (AvgIpc) is 2.29. The molecule has 6 heteroatoms. The van der Waals surface area contributed by atoms with E-state index in [1.807, 2.05) is 0 Å². The highest BCUT2D eigenvalue weighted by Crippen LogP contribution is 2.12. The van der Waals surface area contributed by atoms with Gasteiger partial charge in [0.05, 0.1) is 5.69 Å². The molecule has 1 atom stereocenters. The minimum Gasteiger partial charge on any atom is -0.351 e. The van der Waals surface area contributed by atoms with Crippen molar-refractivity contribution in [2.45, 2.75) is 12.8 Å². The third kappa shape index (κ3) is 1.10. The van der Waals surface area contributed by atoms with Crippen LogP contribution in [0.2, 0.25) is 0 Å². The van der Waals surface area contributed by atoms with E-state index in [2.05, 4.69) is 25.0 Å². The van der Waals surface area contributed by atoms with Crippen molar-refractivity contribution in [1.82, 2.24) is 20.1 Å². The number of carbonyl (C=O) groups is 1. The Kier molecular flexibility index (Phi) is 1.81. The normalized spacial score (nSPS) is 16.6. The number of nitrogens with zero attached hydrogens (tertiary/aromatic N) is 3. The van der Waals surface area contributed by atoms with Crippen molar-refractivity contribution in [3.63, 3.8) is 0 Å². The maximum absolute atomic E-state index is 11.4. The topological polar surface area (TPSA) is 59.8 Å². The summed E-state index contributed by atoms with van der Waals surface area (Å²) in [5.74, 6) is -0.0810. The van der Waals surface area contributed by atoms with Crippen molar-refractivity contribution in [1.29, 1.82) is 0 Å². The zero-order valence-corrected chi connectivity index (χ0v) is 7.60. The third-order valence-corrected chi connectivity index (χ3v) is 2.22. The molecule has 1 unspecified atom stereocenters. The Labute approximate surface area is 71.8 Å². The van der Waals surface area contributed by atoms with Crippen molar-refractivity contribution in [3.05, 3.63) is 11.4 Å². The summed E-state index contributed by atoms with van der Waals surface area (Å²) in [5.41, 5.74) is 1.36. The number of rotatable bonds is 0. The van der Waals surface area contributed by atoms with E-state index >= 15 is 0 Å². The third-order valence-electron chi connectivity index (χ3n) is 1.86. The van der Waals surface area contributed by atoms with Crippen LogP contribution in [0.4, 0.5) is 0 Å². The molecule has 0 saturated heterocycles. The molecule has 5 nitrogen and oxygen atoms in total. The van der Waals surface area contributed by atoms with E-state index in [9.17, 15) is 4.79 Å². The number of aromatic nitrogens is 3. The summed E-state index contributed by atoms with van der Waals surface area (Å²) < 4.78 is 1.44. The minimum absolute atomic E-state index is 0.0810. The number of amides is 1. The Bertz CT molecular complexity index is 321. The van der Waals surface area contributed by atoms with Gasteiger partial charge < -0.3 is 5.32 Å². The number of nitrogens with one attached hydrogen (secondary N) is 1. The maximum atomic E-state index is 11.4. The smallest absolute Gasteiger partial charge is 0.271 e. The van der Waals surface area contributed by atoms with Crippen LogP contribution in [0.15, 0.2) is 0 Å². The Morgan fingerprint density at radius 1 is 1.58 bits per heavy atom. The van der Waals surface area contributed by atoms with Crippen LogP contribution in [0.1, 0.15) is 22.6 Å². The fourth-order valence-electron chi connectivity index (χ4n) is 1.27. The lowest BCUT2D eigenvalue weighted by Crippen LogP contribution is -2.24. The zero-order valence-electron chi connectivity index (χ0n) is 6.45. The molecular weight excluding hydrogens is 175 g/mol. The van der Waals surface area contributed by atoms with Gasteiger partial charge in [0.15, 0.2) is 5.69 Å². The molecule has 1 amide bonds. The summed E-state index contributed by atoms with van der Waals surface area (Å²) in [6.07, 6.45) is 1.75. The van der Waals surface area contributed by atoms with E-state index in [-0.39, 0.29) is 5.91 Å². The van der Waals surface area contributed by atoms with Crippen molar-refractivity contribution < 1.29 is 4.79 Å². The van der Waals surface area contributed by atoms with Crippen LogP contribution in [-0.2, 0) is 6.42 Å². The number of hydrogen-bond donors (Lipinski definition) is 1. The quantitative estimate of drug-likeness (QED) is 0.558. The summed E-state index contributed by atoms with van der Waals surface area (Å²) >= 11 is 0. The molecular formula is C6H9N4OP. The van der Waals surface area contributed by atoms with Crippen molar-refractivity contribution in [3.8, 4) is 0 Å². The molecule has 1 aliphatic heterocycles. The van der Waals surface area contributed by atoms with E-state index in [0.29, 0.717) is 5.69 Å². The largest absolute Gasteiger partial charge is 0.351 e. The van der Waals surface area contributed by atoms with Gasteiger partial charge in [-0.3, -0.25) is 4.79 Å². The summed E-state index contributed by atoms with van der Waals surface area (Å²) in [6.45, 7) is 0.722. The van der Waals surface area contributed by atoms with Crippen molar-refractivity contribution in [2.24, 2.45) is 0 Å². The van der Waals surface area contributed by atoms with Gasteiger partial charge in [-0.2, -0.15) is 0 Å². The van der Waals surface area contributed by atoms with E-state index in [1.165, 1.54) is 4.45 Å². The fraction of sp³-hybridized carbons (Fsp3) is 0.500. The molecule has 1 aliphatic rings. The van der Waals surface area contributed by atoms with Crippen LogP contribution < -0.4 is 5.32 Å². The van der Waals surface area contributed by atoms with E-state index in [1.54, 1.807) is 0 Å². The lowest BCUT2D eigenvalue weighted by molar-refractivity contribution is 0.0950. The number of fused-ring (bicyclic) bond motifs is 1. The van der Waals surface area contributed by atoms with E-state index in [4.69, 9.17) is 0 Å². The van der Waals surface area contributed by atoms with Crippen LogP contribution in [0.25, 0.3) is 0 Å². The van der Waals surface area contributed by atoms with Crippen molar-refractivity contribution >= 4 is 15.3 Å². The first-order valence-electron chi connectivity index (χ1n) is 3.77. The standard InChI is InChI=1S/C6H9N4OP/c11-6-5-4(2-1-3-7-6)8-9-10(5)12/h1-3,12H2,(H,7,11). The molecule has 2 heterocycles. The highest BCUT2D eigenvalue weighted by molar-refractivity contribution is 7.14. The molecule has 1 N–H and O–H groups in total. The van der Waals surface area contributed by atoms with Crippen LogP contribution in [-0.4, -0.2) is 27.2 Å². The van der Waals surface area contributed by atoms with Gasteiger partial charge in [0.25, 0.3) is 5.91 Å². The molecule has 1 aromatic rings. The SMILES string of the molecule is O=C1NCCCc2nnn(P)c21. The highest BCUT2D eigenvalue weighted by Gasteiger charge is 2.20. The van der Waals surface area contributed by atoms with Gasteiger partial charge in [-0.25, -0.2) is 4.45 Å². The van der Waals surface area contributed by atoms with E-state index < -0.39 is 0 Å². The van der Waals surface area contributed by atoms with Gasteiger partial charge in [0.1, 0.15) is 0 Å². The Morgan fingerprint density at radius 2 is 2.42 bits per heavy atom. The van der Waals surface area contributed by atoms with E-state index in [0.717, 1.165) is 25.1 Å². The first-order chi connectivity index (χ1) is 5.79. The second-order valence-corrected chi connectivity index (χ2v) is 3.18. The molecule has 0 aliphatic carbocycles. The second-order valence-electron chi connectivity index (χ2n) is 2.69. The molecule has 0 radical (unpaired) electrons. The molecule has 2 rings (SSSR count). The predicted molar refractivity (Wildman–Crippen MR) is 45.8 cm³/mol. The second kappa shape index (κ2) is 2.83. The average molecular weight is 184 g/mol. The van der Waals surface area contributed by atoms with Crippen molar-refractivity contribution in [2.75, 3.05) is 6.54 Å². The summed E-state index contributed by atoms with van der Waals surface area (Å²) in [7, 11) is 2.34. The molecule has 64 valence electrons. The van der Waals surface area contributed by atoms with Crippen LogP contribution >= 0.6 is 9.39 Å². The molecule has 0 saturated carbocycles. The Hall–Kier alpha value is -0.960. The Balaban J connectivity index is 2.49. The van der Waals surface area contributed by atoms with Gasteiger partial charge in [0, 0.05) is 6.54 Å². The minimum atomic E-state index is -0.0810. The molecule has 12 heavy (non-hydrogen) atoms. The summed E-state index contributed by atoms with van der Waals surface area (Å²) in [6, 6.07) is 0. The predicted octanol–water partition coefficient (Wildman–Crippen LogP) is -0.408. The summed E-state index contributed by atoms with van der Waals surface area (Å²) in [4.78, 5) is 11.4. The number of aryl methyl sites for hydroxylation is 1. The van der Waals surface area contributed by atoms with Gasteiger partial charge in [-0.05, 0) is 22.2 Å². The number of carbonyl (C=O) groups excluding carboxylic acids is 1. The molecule has 1 aromatic heterocycles. The highest BCUT2D eigenvalue weighted by atomic mass is 31.0. The maximum Gasteiger partial charge on any atom is 0.271 e. The summed E-state index contributed by atoms with van der Waals surface area (Å²) in [5, 5.41) is 10.4. The van der Waals surface area contributed by atoms with Gasteiger partial charge in [0.2, 0.25) is 0 Å². The van der Waals surface area contributed by atoms with Gasteiger partial charge >= 0.3 is 0 Å². The first-order valence-corrected chi connectivity index (χ1v) is 4.28. The number of hydrogen-bond acceptors (Lipinski definition) is 3. The molecule has 0 bridgehead atoms.